The van der Waals surface area contributed by atoms with Crippen LogP contribution < -0.4 is 21.7 Å². The molecule has 0 saturated heterocycles. The van der Waals surface area contributed by atoms with Gasteiger partial charge in [0.15, 0.2) is 0 Å². The maximum atomic E-state index is 12.6. The molecule has 32 heavy (non-hydrogen) atoms. The molecule has 176 valence electrons. The number of amides is 4. The van der Waals surface area contributed by atoms with Crippen molar-refractivity contribution < 1.29 is 33.4 Å². The minimum atomic E-state index is -1.33. The summed E-state index contributed by atoms with van der Waals surface area (Å²) in [5, 5.41) is 7.03. The van der Waals surface area contributed by atoms with Gasteiger partial charge in [0.2, 0.25) is 17.7 Å². The summed E-state index contributed by atoms with van der Waals surface area (Å²) in [7, 11) is 1.19. The average molecular weight is 450 g/mol. The SMILES string of the molecule is COC(=O)[C@H](CC(C)C)NC(=O)[C@H](CC(N)=O)NC(=O)CNC(=O)OCc1ccccc1. The number of ether oxygens (including phenoxy) is 2. The van der Waals surface area contributed by atoms with Crippen molar-refractivity contribution >= 4 is 29.8 Å². The van der Waals surface area contributed by atoms with Crippen molar-refractivity contribution in [3.05, 3.63) is 35.9 Å². The zero-order valence-corrected chi connectivity index (χ0v) is 18.4. The molecule has 0 bridgehead atoms. The molecule has 0 heterocycles. The number of alkyl carbamates (subject to hydrolysis) is 1. The van der Waals surface area contributed by atoms with E-state index in [2.05, 4.69) is 20.7 Å². The first-order valence-corrected chi connectivity index (χ1v) is 10.0. The molecule has 0 saturated carbocycles. The molecule has 0 unspecified atom stereocenters. The minimum Gasteiger partial charge on any atom is -0.467 e. The van der Waals surface area contributed by atoms with Crippen LogP contribution >= 0.6 is 0 Å². The Labute approximate surface area is 186 Å². The van der Waals surface area contributed by atoms with Gasteiger partial charge in [-0.25, -0.2) is 9.59 Å². The summed E-state index contributed by atoms with van der Waals surface area (Å²) in [6.45, 7) is 3.23. The van der Waals surface area contributed by atoms with Crippen molar-refractivity contribution in [1.82, 2.24) is 16.0 Å². The van der Waals surface area contributed by atoms with Crippen LogP contribution in [0.2, 0.25) is 0 Å². The molecule has 0 aliphatic rings. The zero-order valence-electron chi connectivity index (χ0n) is 18.4. The molecule has 0 aromatic heterocycles. The molecule has 1 rings (SSSR count). The van der Waals surface area contributed by atoms with Crippen LogP contribution in [-0.2, 0) is 35.3 Å². The molecular formula is C21H30N4O7. The van der Waals surface area contributed by atoms with Gasteiger partial charge in [-0.2, -0.15) is 0 Å². The fraction of sp³-hybridized carbons (Fsp3) is 0.476. The molecular weight excluding hydrogens is 420 g/mol. The van der Waals surface area contributed by atoms with E-state index in [0.717, 1.165) is 5.56 Å². The van der Waals surface area contributed by atoms with Gasteiger partial charge in [0.25, 0.3) is 0 Å². The van der Waals surface area contributed by atoms with Crippen molar-refractivity contribution in [2.75, 3.05) is 13.7 Å². The van der Waals surface area contributed by atoms with E-state index >= 15 is 0 Å². The van der Waals surface area contributed by atoms with Crippen LogP contribution in [-0.4, -0.2) is 55.5 Å². The van der Waals surface area contributed by atoms with E-state index in [1.807, 2.05) is 19.9 Å². The predicted molar refractivity (Wildman–Crippen MR) is 114 cm³/mol. The smallest absolute Gasteiger partial charge is 0.407 e. The fourth-order valence-electron chi connectivity index (χ4n) is 2.68. The van der Waals surface area contributed by atoms with E-state index in [1.165, 1.54) is 7.11 Å². The molecule has 0 aliphatic carbocycles. The lowest BCUT2D eigenvalue weighted by atomic mass is 10.0. The number of hydrogen-bond acceptors (Lipinski definition) is 7. The van der Waals surface area contributed by atoms with E-state index in [4.69, 9.17) is 10.5 Å². The third kappa shape index (κ3) is 10.4. The van der Waals surface area contributed by atoms with Crippen molar-refractivity contribution in [2.45, 2.75) is 45.4 Å². The Balaban J connectivity index is 2.61. The summed E-state index contributed by atoms with van der Waals surface area (Å²) >= 11 is 0. The summed E-state index contributed by atoms with van der Waals surface area (Å²) in [6, 6.07) is 6.66. The highest BCUT2D eigenvalue weighted by molar-refractivity contribution is 5.94. The highest BCUT2D eigenvalue weighted by atomic mass is 16.5. The second kappa shape index (κ2) is 13.6. The highest BCUT2D eigenvalue weighted by Crippen LogP contribution is 2.07. The number of nitrogens with one attached hydrogen (secondary N) is 3. The monoisotopic (exact) mass is 450 g/mol. The quantitative estimate of drug-likeness (QED) is 0.325. The number of carbonyl (C=O) groups excluding carboxylic acids is 5. The minimum absolute atomic E-state index is 0.0196. The summed E-state index contributed by atoms with van der Waals surface area (Å²) in [5.41, 5.74) is 5.94. The van der Waals surface area contributed by atoms with E-state index in [-0.39, 0.29) is 12.5 Å². The lowest BCUT2D eigenvalue weighted by molar-refractivity contribution is -0.145. The van der Waals surface area contributed by atoms with Crippen molar-refractivity contribution in [3.63, 3.8) is 0 Å². The van der Waals surface area contributed by atoms with Gasteiger partial charge in [-0.1, -0.05) is 44.2 Å². The number of rotatable bonds is 12. The second-order valence-corrected chi connectivity index (χ2v) is 7.42. The second-order valence-electron chi connectivity index (χ2n) is 7.42. The summed E-state index contributed by atoms with van der Waals surface area (Å²) in [5.74, 6) is -2.95. The van der Waals surface area contributed by atoms with Gasteiger partial charge in [-0.3, -0.25) is 14.4 Å². The number of carbonyl (C=O) groups is 5. The van der Waals surface area contributed by atoms with Gasteiger partial charge in [-0.15, -0.1) is 0 Å². The summed E-state index contributed by atoms with van der Waals surface area (Å²) in [4.78, 5) is 59.8. The first-order chi connectivity index (χ1) is 15.1. The Morgan fingerprint density at radius 1 is 1.00 bits per heavy atom. The molecule has 1 aromatic carbocycles. The van der Waals surface area contributed by atoms with Crippen LogP contribution in [0.15, 0.2) is 30.3 Å². The molecule has 2 atom stereocenters. The van der Waals surface area contributed by atoms with Gasteiger partial charge in [0.05, 0.1) is 13.5 Å². The Hall–Kier alpha value is -3.63. The first kappa shape index (κ1) is 26.4. The van der Waals surface area contributed by atoms with E-state index in [9.17, 15) is 24.0 Å². The number of esters is 1. The number of nitrogens with two attached hydrogens (primary N) is 1. The maximum Gasteiger partial charge on any atom is 0.407 e. The third-order valence-corrected chi connectivity index (χ3v) is 4.17. The standard InChI is InChI=1S/C21H30N4O7/c1-13(2)9-16(20(29)31-3)25-19(28)15(10-17(22)26)24-18(27)11-23-21(30)32-12-14-7-5-4-6-8-14/h4-8,13,15-16H,9-12H2,1-3H3,(H2,22,26)(H,23,30)(H,24,27)(H,25,28)/t15-,16-/m0/s1. The molecule has 0 radical (unpaired) electrons. The Morgan fingerprint density at radius 2 is 1.66 bits per heavy atom. The van der Waals surface area contributed by atoms with Gasteiger partial charge in [0.1, 0.15) is 25.2 Å². The Kier molecular flexibility index (Phi) is 11.2. The van der Waals surface area contributed by atoms with Gasteiger partial charge in [-0.05, 0) is 17.9 Å². The molecule has 4 amide bonds. The van der Waals surface area contributed by atoms with Gasteiger partial charge >= 0.3 is 12.1 Å². The van der Waals surface area contributed by atoms with Crippen molar-refractivity contribution in [1.29, 1.82) is 0 Å². The number of primary amides is 1. The lowest BCUT2D eigenvalue weighted by Gasteiger charge is -2.22. The molecule has 11 nitrogen and oxygen atoms in total. The van der Waals surface area contributed by atoms with Crippen LogP contribution in [0.3, 0.4) is 0 Å². The van der Waals surface area contributed by atoms with Gasteiger partial charge < -0.3 is 31.2 Å². The summed E-state index contributed by atoms with van der Waals surface area (Å²) < 4.78 is 9.67. The first-order valence-electron chi connectivity index (χ1n) is 10.0. The zero-order chi connectivity index (χ0) is 24.1. The van der Waals surface area contributed by atoms with Crippen molar-refractivity contribution in [2.24, 2.45) is 11.7 Å². The fourth-order valence-corrected chi connectivity index (χ4v) is 2.68. The van der Waals surface area contributed by atoms with Gasteiger partial charge in [0, 0.05) is 0 Å². The van der Waals surface area contributed by atoms with Crippen LogP contribution in [0.25, 0.3) is 0 Å². The van der Waals surface area contributed by atoms with E-state index in [1.54, 1.807) is 24.3 Å². The average Bonchev–Trinajstić information content (AvgIpc) is 2.74. The van der Waals surface area contributed by atoms with E-state index < -0.39 is 54.8 Å². The van der Waals surface area contributed by atoms with Crippen molar-refractivity contribution in [3.8, 4) is 0 Å². The molecule has 0 spiro atoms. The third-order valence-electron chi connectivity index (χ3n) is 4.17. The molecule has 11 heteroatoms. The topological polar surface area (TPSA) is 166 Å². The molecule has 5 N–H and O–H groups in total. The predicted octanol–water partition coefficient (Wildman–Crippen LogP) is -0.0231. The maximum absolute atomic E-state index is 12.6. The summed E-state index contributed by atoms with van der Waals surface area (Å²) in [6.07, 6.45) is -1.03. The van der Waals surface area contributed by atoms with Crippen LogP contribution in [0.1, 0.15) is 32.3 Å². The van der Waals surface area contributed by atoms with Crippen LogP contribution in [0.5, 0.6) is 0 Å². The van der Waals surface area contributed by atoms with E-state index in [0.29, 0.717) is 6.42 Å². The molecule has 1 aromatic rings. The Morgan fingerprint density at radius 3 is 2.22 bits per heavy atom. The lowest BCUT2D eigenvalue weighted by Crippen LogP contribution is -2.54. The van der Waals surface area contributed by atoms with Crippen LogP contribution in [0.4, 0.5) is 4.79 Å². The number of methoxy groups -OCH3 is 1. The number of benzene rings is 1. The molecule has 0 fully saturated rings. The molecule has 0 aliphatic heterocycles. The Bertz CT molecular complexity index is 799. The number of hydrogen-bond donors (Lipinski definition) is 4. The normalized spacial score (nSPS) is 12.2. The highest BCUT2D eigenvalue weighted by Gasteiger charge is 2.29. The van der Waals surface area contributed by atoms with Crippen LogP contribution in [0, 0.1) is 5.92 Å². The largest absolute Gasteiger partial charge is 0.467 e.